The predicted octanol–water partition coefficient (Wildman–Crippen LogP) is 4.33. The summed E-state index contributed by atoms with van der Waals surface area (Å²) in [6, 6.07) is 0.454. The van der Waals surface area contributed by atoms with Gasteiger partial charge in [-0.2, -0.15) is 0 Å². The molecule has 0 aromatic rings. The molecule has 0 aromatic carbocycles. The predicted molar refractivity (Wildman–Crippen MR) is 99.8 cm³/mol. The quantitative estimate of drug-likeness (QED) is 0.589. The van der Waals surface area contributed by atoms with E-state index in [2.05, 4.69) is 31.4 Å². The fraction of sp³-hybridized carbons (Fsp3) is 0.900. The summed E-state index contributed by atoms with van der Waals surface area (Å²) in [6.07, 6.45) is 11.0. The molecule has 4 heteroatoms. The van der Waals surface area contributed by atoms with Gasteiger partial charge >= 0.3 is 0 Å². The summed E-state index contributed by atoms with van der Waals surface area (Å²) < 4.78 is 0. The largest absolute Gasteiger partial charge is 0.353 e. The Bertz CT molecular complexity index is 387. The molecular formula is C20H38N2O2. The standard InChI is InChI=1S/C20H38N2O2/c1-5-8-12-20(4,13-9-6-2)15-19(24)22-17-11-10-16(14-17)21-18(23)7-3/h16-17H,5-15H2,1-4H3,(H,21,23)(H,22,24)/t16-,17+/m0/s1. The Morgan fingerprint density at radius 2 is 1.42 bits per heavy atom. The first-order valence-electron chi connectivity index (χ1n) is 10.0. The normalized spacial score (nSPS) is 20.8. The van der Waals surface area contributed by atoms with Crippen molar-refractivity contribution in [2.75, 3.05) is 0 Å². The molecule has 2 atom stereocenters. The van der Waals surface area contributed by atoms with E-state index in [9.17, 15) is 9.59 Å². The van der Waals surface area contributed by atoms with Gasteiger partial charge in [0, 0.05) is 24.9 Å². The van der Waals surface area contributed by atoms with Crippen LogP contribution in [-0.2, 0) is 9.59 Å². The van der Waals surface area contributed by atoms with E-state index in [1.54, 1.807) is 0 Å². The van der Waals surface area contributed by atoms with E-state index in [0.717, 1.165) is 32.1 Å². The van der Waals surface area contributed by atoms with Crippen molar-refractivity contribution in [1.82, 2.24) is 10.6 Å². The Balaban J connectivity index is 2.43. The molecule has 0 aliphatic heterocycles. The molecule has 0 spiro atoms. The number of carbonyl (C=O) groups is 2. The fourth-order valence-electron chi connectivity index (χ4n) is 3.75. The Morgan fingerprint density at radius 3 is 1.88 bits per heavy atom. The lowest BCUT2D eigenvalue weighted by Crippen LogP contribution is -2.38. The zero-order valence-corrected chi connectivity index (χ0v) is 16.2. The molecule has 1 saturated carbocycles. The maximum absolute atomic E-state index is 12.5. The van der Waals surface area contributed by atoms with Crippen LogP contribution in [0, 0.1) is 5.41 Å². The van der Waals surface area contributed by atoms with Crippen LogP contribution in [0.1, 0.15) is 98.3 Å². The summed E-state index contributed by atoms with van der Waals surface area (Å²) in [5, 5.41) is 6.26. The van der Waals surface area contributed by atoms with E-state index in [1.807, 2.05) is 6.92 Å². The Kier molecular flexibility index (Phi) is 9.38. The second kappa shape index (κ2) is 10.7. The van der Waals surface area contributed by atoms with E-state index >= 15 is 0 Å². The van der Waals surface area contributed by atoms with Gasteiger partial charge in [-0.25, -0.2) is 0 Å². The van der Waals surface area contributed by atoms with Gasteiger partial charge in [0.15, 0.2) is 0 Å². The molecule has 0 bridgehead atoms. The lowest BCUT2D eigenvalue weighted by Gasteiger charge is -2.30. The maximum Gasteiger partial charge on any atom is 0.220 e. The molecule has 24 heavy (non-hydrogen) atoms. The van der Waals surface area contributed by atoms with Crippen molar-refractivity contribution in [2.45, 2.75) is 110 Å². The maximum atomic E-state index is 12.5. The van der Waals surface area contributed by atoms with Crippen LogP contribution in [0.25, 0.3) is 0 Å². The Hall–Kier alpha value is -1.06. The summed E-state index contributed by atoms with van der Waals surface area (Å²) in [7, 11) is 0. The summed E-state index contributed by atoms with van der Waals surface area (Å²) in [6.45, 7) is 8.57. The highest BCUT2D eigenvalue weighted by atomic mass is 16.2. The average Bonchev–Trinajstić information content (AvgIpc) is 2.97. The molecule has 2 amide bonds. The second-order valence-electron chi connectivity index (χ2n) is 7.89. The smallest absolute Gasteiger partial charge is 0.220 e. The van der Waals surface area contributed by atoms with Crippen LogP contribution < -0.4 is 10.6 Å². The monoisotopic (exact) mass is 338 g/mol. The minimum atomic E-state index is 0.110. The van der Waals surface area contributed by atoms with Crippen molar-refractivity contribution < 1.29 is 9.59 Å². The summed E-state index contributed by atoms with van der Waals surface area (Å²) in [5.41, 5.74) is 0.129. The first kappa shape index (κ1) is 21.0. The van der Waals surface area contributed by atoms with Gasteiger partial charge < -0.3 is 10.6 Å². The first-order valence-corrected chi connectivity index (χ1v) is 10.0. The van der Waals surface area contributed by atoms with E-state index in [4.69, 9.17) is 0 Å². The number of hydrogen-bond donors (Lipinski definition) is 2. The van der Waals surface area contributed by atoms with Gasteiger partial charge in [0.2, 0.25) is 11.8 Å². The van der Waals surface area contributed by atoms with Gasteiger partial charge in [-0.3, -0.25) is 9.59 Å². The molecule has 0 heterocycles. The number of unbranched alkanes of at least 4 members (excludes halogenated alkanes) is 2. The Labute approximate surface area is 148 Å². The molecule has 2 N–H and O–H groups in total. The summed E-state index contributed by atoms with van der Waals surface area (Å²) >= 11 is 0. The molecule has 0 radical (unpaired) electrons. The van der Waals surface area contributed by atoms with Crippen LogP contribution in [0.4, 0.5) is 0 Å². The molecule has 0 saturated heterocycles. The molecule has 1 fully saturated rings. The molecule has 1 aliphatic carbocycles. The SMILES string of the molecule is CCCCC(C)(CCCC)CC(=O)N[C@@H]1CC[C@H](NC(=O)CC)C1. The van der Waals surface area contributed by atoms with Crippen LogP contribution >= 0.6 is 0 Å². The number of nitrogens with one attached hydrogen (secondary N) is 2. The van der Waals surface area contributed by atoms with Gasteiger partial charge in [0.25, 0.3) is 0 Å². The van der Waals surface area contributed by atoms with E-state index in [0.29, 0.717) is 12.8 Å². The summed E-state index contributed by atoms with van der Waals surface area (Å²) in [4.78, 5) is 24.0. The highest BCUT2D eigenvalue weighted by molar-refractivity contribution is 5.77. The molecular weight excluding hydrogens is 300 g/mol. The zero-order chi connectivity index (χ0) is 18.0. The van der Waals surface area contributed by atoms with Crippen LogP contribution in [0.3, 0.4) is 0 Å². The molecule has 0 aromatic heterocycles. The van der Waals surface area contributed by atoms with Gasteiger partial charge in [-0.15, -0.1) is 0 Å². The molecule has 140 valence electrons. The molecule has 1 rings (SSSR count). The second-order valence-corrected chi connectivity index (χ2v) is 7.89. The highest BCUT2D eigenvalue weighted by Gasteiger charge is 2.30. The summed E-state index contributed by atoms with van der Waals surface area (Å²) in [5.74, 6) is 0.302. The topological polar surface area (TPSA) is 58.2 Å². The number of rotatable bonds is 11. The van der Waals surface area contributed by atoms with Crippen molar-refractivity contribution in [2.24, 2.45) is 5.41 Å². The lowest BCUT2D eigenvalue weighted by atomic mass is 9.77. The van der Waals surface area contributed by atoms with Gasteiger partial charge in [0.1, 0.15) is 0 Å². The number of amides is 2. The Morgan fingerprint density at radius 1 is 0.917 bits per heavy atom. The number of carbonyl (C=O) groups excluding carboxylic acids is 2. The van der Waals surface area contributed by atoms with E-state index < -0.39 is 0 Å². The molecule has 0 unspecified atom stereocenters. The third-order valence-corrected chi connectivity index (χ3v) is 5.34. The highest BCUT2D eigenvalue weighted by Crippen LogP contribution is 2.34. The van der Waals surface area contributed by atoms with Crippen LogP contribution in [0.2, 0.25) is 0 Å². The third kappa shape index (κ3) is 7.67. The van der Waals surface area contributed by atoms with Crippen LogP contribution in [0.5, 0.6) is 0 Å². The van der Waals surface area contributed by atoms with Crippen molar-refractivity contribution in [3.05, 3.63) is 0 Å². The van der Waals surface area contributed by atoms with Crippen LogP contribution in [-0.4, -0.2) is 23.9 Å². The molecule has 4 nitrogen and oxygen atoms in total. The minimum Gasteiger partial charge on any atom is -0.353 e. The van der Waals surface area contributed by atoms with E-state index in [1.165, 1.54) is 25.7 Å². The van der Waals surface area contributed by atoms with Crippen LogP contribution in [0.15, 0.2) is 0 Å². The zero-order valence-electron chi connectivity index (χ0n) is 16.2. The van der Waals surface area contributed by atoms with Crippen molar-refractivity contribution in [3.63, 3.8) is 0 Å². The number of hydrogen-bond acceptors (Lipinski definition) is 2. The fourth-order valence-corrected chi connectivity index (χ4v) is 3.75. The molecule has 1 aliphatic rings. The lowest BCUT2D eigenvalue weighted by molar-refractivity contribution is -0.124. The van der Waals surface area contributed by atoms with Crippen molar-refractivity contribution in [3.8, 4) is 0 Å². The van der Waals surface area contributed by atoms with E-state index in [-0.39, 0.29) is 29.3 Å². The third-order valence-electron chi connectivity index (χ3n) is 5.34. The van der Waals surface area contributed by atoms with Crippen molar-refractivity contribution >= 4 is 11.8 Å². The van der Waals surface area contributed by atoms with Gasteiger partial charge in [0.05, 0.1) is 0 Å². The average molecular weight is 339 g/mol. The van der Waals surface area contributed by atoms with Gasteiger partial charge in [-0.1, -0.05) is 53.4 Å². The van der Waals surface area contributed by atoms with Gasteiger partial charge in [-0.05, 0) is 37.5 Å². The van der Waals surface area contributed by atoms with Crippen molar-refractivity contribution in [1.29, 1.82) is 0 Å². The first-order chi connectivity index (χ1) is 11.4. The minimum absolute atomic E-state index is 0.110.